The molecule has 184 valence electrons. The maximum atomic E-state index is 15.0. The molecule has 1 aliphatic heterocycles. The van der Waals surface area contributed by atoms with E-state index in [1.165, 1.54) is 6.20 Å². The molecule has 0 aliphatic carbocycles. The number of hydrogen-bond donors (Lipinski definition) is 1. The number of nitrogens with zero attached hydrogens (tertiary/aromatic N) is 4. The minimum Gasteiger partial charge on any atom is -0.477 e. The van der Waals surface area contributed by atoms with Crippen molar-refractivity contribution in [2.24, 2.45) is 0 Å². The van der Waals surface area contributed by atoms with E-state index < -0.39 is 22.8 Å². The van der Waals surface area contributed by atoms with Gasteiger partial charge in [-0.2, -0.15) is 0 Å². The normalized spacial score (nSPS) is 14.4. The third-order valence-corrected chi connectivity index (χ3v) is 6.67. The fourth-order valence-corrected chi connectivity index (χ4v) is 4.67. The zero-order valence-corrected chi connectivity index (χ0v) is 19.8. The van der Waals surface area contributed by atoms with E-state index in [0.717, 1.165) is 16.8 Å². The number of piperazine rings is 1. The van der Waals surface area contributed by atoms with Gasteiger partial charge in [0.15, 0.2) is 17.4 Å². The average molecular weight is 489 g/mol. The number of pyridine rings is 2. The molecule has 8 nitrogen and oxygen atoms in total. The summed E-state index contributed by atoms with van der Waals surface area (Å²) in [5, 5.41) is 11.4. The van der Waals surface area contributed by atoms with E-state index in [1.54, 1.807) is 16.4 Å². The lowest BCUT2D eigenvalue weighted by molar-refractivity contribution is 0.0694. The third kappa shape index (κ3) is 4.33. The molecule has 2 aromatic heterocycles. The number of Topliss-reactive ketones (excluding diaryl/α,β-unsaturated/α-hetero) is 1. The number of aromatic nitrogens is 2. The third-order valence-electron chi connectivity index (χ3n) is 6.67. The summed E-state index contributed by atoms with van der Waals surface area (Å²) in [5.74, 6) is -1.88. The van der Waals surface area contributed by atoms with E-state index in [1.807, 2.05) is 47.4 Å². The lowest BCUT2D eigenvalue weighted by atomic mass is 10.0. The van der Waals surface area contributed by atoms with Crippen LogP contribution in [0, 0.1) is 5.82 Å². The molecule has 2 aromatic carbocycles. The number of hydrogen-bond acceptors (Lipinski definition) is 6. The quantitative estimate of drug-likeness (QED) is 0.416. The van der Waals surface area contributed by atoms with Crippen LogP contribution in [-0.2, 0) is 6.54 Å². The molecule has 0 atom stereocenters. The summed E-state index contributed by atoms with van der Waals surface area (Å²) in [5.41, 5.74) is -0.255. The van der Waals surface area contributed by atoms with E-state index in [0.29, 0.717) is 38.3 Å². The highest BCUT2D eigenvalue weighted by Gasteiger charge is 2.25. The molecule has 5 rings (SSSR count). The number of ketones is 1. The number of carbonyl (C=O) groups excluding carboxylic acids is 1. The number of rotatable bonds is 6. The molecule has 3 heterocycles. The molecule has 36 heavy (non-hydrogen) atoms. The van der Waals surface area contributed by atoms with Crippen molar-refractivity contribution in [1.29, 1.82) is 0 Å². The second-order valence-corrected chi connectivity index (χ2v) is 8.88. The van der Waals surface area contributed by atoms with Gasteiger partial charge in [-0.05, 0) is 29.8 Å². The van der Waals surface area contributed by atoms with Crippen molar-refractivity contribution in [3.8, 4) is 0 Å². The average Bonchev–Trinajstić information content (AvgIpc) is 2.89. The maximum Gasteiger partial charge on any atom is 0.341 e. The van der Waals surface area contributed by atoms with Gasteiger partial charge in [-0.25, -0.2) is 14.2 Å². The van der Waals surface area contributed by atoms with Gasteiger partial charge < -0.3 is 14.6 Å². The predicted molar refractivity (Wildman–Crippen MR) is 136 cm³/mol. The first-order chi connectivity index (χ1) is 17.4. The van der Waals surface area contributed by atoms with Crippen molar-refractivity contribution < 1.29 is 19.1 Å². The number of benzene rings is 2. The molecule has 1 aliphatic rings. The first-order valence-corrected chi connectivity index (χ1v) is 11.8. The molecule has 9 heteroatoms. The second-order valence-electron chi connectivity index (χ2n) is 8.88. The highest BCUT2D eigenvalue weighted by Crippen LogP contribution is 2.23. The summed E-state index contributed by atoms with van der Waals surface area (Å²) in [6.07, 6.45) is 1.25. The lowest BCUT2D eigenvalue weighted by Gasteiger charge is -2.35. The Kier molecular flexibility index (Phi) is 6.24. The van der Waals surface area contributed by atoms with Crippen LogP contribution in [0.2, 0.25) is 0 Å². The Labute approximate surface area is 206 Å². The molecule has 1 fully saturated rings. The number of aryl methyl sites for hydroxylation is 1. The van der Waals surface area contributed by atoms with Crippen molar-refractivity contribution in [2.75, 3.05) is 37.6 Å². The molecular weight excluding hydrogens is 463 g/mol. The van der Waals surface area contributed by atoms with Crippen LogP contribution in [0.25, 0.3) is 21.8 Å². The predicted octanol–water partition coefficient (Wildman–Crippen LogP) is 3.41. The number of carboxylic acid groups (broad SMARTS) is 1. The highest BCUT2D eigenvalue weighted by molar-refractivity contribution is 6.01. The largest absolute Gasteiger partial charge is 0.477 e. The molecule has 0 amide bonds. The molecule has 1 N–H and O–H groups in total. The molecule has 0 bridgehead atoms. The van der Waals surface area contributed by atoms with E-state index in [-0.39, 0.29) is 29.2 Å². The number of anilines is 1. The van der Waals surface area contributed by atoms with Crippen LogP contribution in [0.15, 0.2) is 59.5 Å². The zero-order valence-electron chi connectivity index (χ0n) is 19.8. The van der Waals surface area contributed by atoms with Crippen molar-refractivity contribution in [3.63, 3.8) is 0 Å². The Hall–Kier alpha value is -4.11. The Morgan fingerprint density at radius 3 is 2.44 bits per heavy atom. The summed E-state index contributed by atoms with van der Waals surface area (Å²) in [6.45, 7) is 4.47. The number of carboxylic acids is 1. The van der Waals surface area contributed by atoms with Crippen LogP contribution in [0.3, 0.4) is 0 Å². The summed E-state index contributed by atoms with van der Waals surface area (Å²) in [4.78, 5) is 45.1. The van der Waals surface area contributed by atoms with E-state index in [9.17, 15) is 19.5 Å². The Morgan fingerprint density at radius 1 is 1.03 bits per heavy atom. The van der Waals surface area contributed by atoms with Crippen molar-refractivity contribution in [3.05, 3.63) is 81.9 Å². The Balaban J connectivity index is 1.32. The SMILES string of the molecule is CCn1cc(C(=O)O)c(=O)c2cc(F)c(N3CCN(CC(=O)c4ccc5ccccc5c4)CC3)nc21. The van der Waals surface area contributed by atoms with Crippen LogP contribution >= 0.6 is 0 Å². The van der Waals surface area contributed by atoms with Gasteiger partial charge in [0.1, 0.15) is 11.2 Å². The van der Waals surface area contributed by atoms with Gasteiger partial charge in [0.2, 0.25) is 5.43 Å². The van der Waals surface area contributed by atoms with Gasteiger partial charge in [-0.15, -0.1) is 0 Å². The molecule has 1 saturated heterocycles. The second kappa shape index (κ2) is 9.50. The minimum atomic E-state index is -1.36. The summed E-state index contributed by atoms with van der Waals surface area (Å²) >= 11 is 0. The summed E-state index contributed by atoms with van der Waals surface area (Å²) in [6, 6.07) is 14.7. The summed E-state index contributed by atoms with van der Waals surface area (Å²) < 4.78 is 16.6. The number of halogens is 1. The molecule has 0 spiro atoms. The van der Waals surface area contributed by atoms with Gasteiger partial charge in [-0.3, -0.25) is 14.5 Å². The van der Waals surface area contributed by atoms with E-state index in [2.05, 4.69) is 4.98 Å². The van der Waals surface area contributed by atoms with E-state index >= 15 is 4.39 Å². The lowest BCUT2D eigenvalue weighted by Crippen LogP contribution is -2.48. The molecule has 0 unspecified atom stereocenters. The maximum absolute atomic E-state index is 15.0. The van der Waals surface area contributed by atoms with Crippen molar-refractivity contribution in [2.45, 2.75) is 13.5 Å². The van der Waals surface area contributed by atoms with Crippen LogP contribution in [0.1, 0.15) is 27.6 Å². The number of aromatic carboxylic acids is 1. The van der Waals surface area contributed by atoms with Gasteiger partial charge in [0, 0.05) is 44.5 Å². The number of fused-ring (bicyclic) bond motifs is 2. The first-order valence-electron chi connectivity index (χ1n) is 11.8. The Bertz CT molecular complexity index is 1560. The van der Waals surface area contributed by atoms with Crippen LogP contribution in [0.5, 0.6) is 0 Å². The van der Waals surface area contributed by atoms with Crippen LogP contribution in [0.4, 0.5) is 10.2 Å². The minimum absolute atomic E-state index is 0.0328. The van der Waals surface area contributed by atoms with Crippen molar-refractivity contribution >= 4 is 39.4 Å². The van der Waals surface area contributed by atoms with Crippen LogP contribution in [-0.4, -0.2) is 64.0 Å². The smallest absolute Gasteiger partial charge is 0.341 e. The Morgan fingerprint density at radius 2 is 1.75 bits per heavy atom. The molecule has 0 saturated carbocycles. The topological polar surface area (TPSA) is 95.7 Å². The van der Waals surface area contributed by atoms with Gasteiger partial charge in [0.25, 0.3) is 0 Å². The van der Waals surface area contributed by atoms with Crippen LogP contribution < -0.4 is 10.3 Å². The van der Waals surface area contributed by atoms with Gasteiger partial charge >= 0.3 is 5.97 Å². The van der Waals surface area contributed by atoms with Crippen molar-refractivity contribution in [1.82, 2.24) is 14.5 Å². The first kappa shape index (κ1) is 23.6. The zero-order chi connectivity index (χ0) is 25.4. The van der Waals surface area contributed by atoms with Gasteiger partial charge in [-0.1, -0.05) is 36.4 Å². The van der Waals surface area contributed by atoms with E-state index in [4.69, 9.17) is 0 Å². The fraction of sp³-hybridized carbons (Fsp3) is 0.259. The number of carbonyl (C=O) groups is 2. The highest BCUT2D eigenvalue weighted by atomic mass is 19.1. The molecule has 4 aromatic rings. The molecule has 0 radical (unpaired) electrons. The fourth-order valence-electron chi connectivity index (χ4n) is 4.67. The summed E-state index contributed by atoms with van der Waals surface area (Å²) in [7, 11) is 0. The monoisotopic (exact) mass is 488 g/mol. The standard InChI is InChI=1S/C27H25FN4O4/c1-2-31-15-21(27(35)36)24(34)20-14-22(28)26(29-25(20)31)32-11-9-30(10-12-32)16-23(33)19-8-7-17-5-3-4-6-18(17)13-19/h3-8,13-15H,2,9-12,16H2,1H3,(H,35,36). The molecular formula is C27H25FN4O4. The van der Waals surface area contributed by atoms with Gasteiger partial charge in [0.05, 0.1) is 11.9 Å².